The number of carboxylic acid groups (broad SMARTS) is 1. The molecule has 0 spiro atoms. The van der Waals surface area contributed by atoms with Crippen LogP contribution in [0.5, 0.6) is 0 Å². The minimum atomic E-state index is -1.03. The Kier molecular flexibility index (Phi) is 2.95. The van der Waals surface area contributed by atoms with Gasteiger partial charge in [0.2, 0.25) is 0 Å². The van der Waals surface area contributed by atoms with Crippen LogP contribution in [0.15, 0.2) is 42.5 Å². The molecule has 3 aromatic rings. The summed E-state index contributed by atoms with van der Waals surface area (Å²) in [7, 11) is 0. The van der Waals surface area contributed by atoms with Crippen molar-refractivity contribution in [3.63, 3.8) is 0 Å². The van der Waals surface area contributed by atoms with Gasteiger partial charge in [-0.2, -0.15) is 0 Å². The normalized spacial score (nSPS) is 10.8. The highest BCUT2D eigenvalue weighted by Gasteiger charge is 2.13. The molecule has 3 rings (SSSR count). The standard InChI is InChI=1S/C15H11FN2O2/c16-11-6-2-1-4-9(11)8-13-17-12-7-3-5-10(15(19)20)14(12)18-13/h1-7H,8H2,(H,17,18)(H,19,20). The number of halogens is 1. The second-order valence-corrected chi connectivity index (χ2v) is 4.46. The van der Waals surface area contributed by atoms with Crippen molar-refractivity contribution in [2.24, 2.45) is 0 Å². The fourth-order valence-corrected chi connectivity index (χ4v) is 2.16. The molecule has 0 unspecified atom stereocenters. The number of carbonyl (C=O) groups is 1. The van der Waals surface area contributed by atoms with Gasteiger partial charge in [0, 0.05) is 6.42 Å². The molecule has 4 nitrogen and oxygen atoms in total. The summed E-state index contributed by atoms with van der Waals surface area (Å²) in [6.45, 7) is 0. The topological polar surface area (TPSA) is 66.0 Å². The Bertz CT molecular complexity index is 795. The van der Waals surface area contributed by atoms with Crippen LogP contribution in [0.2, 0.25) is 0 Å². The maximum Gasteiger partial charge on any atom is 0.337 e. The van der Waals surface area contributed by atoms with E-state index in [0.29, 0.717) is 28.8 Å². The fraction of sp³-hybridized carbons (Fsp3) is 0.0667. The van der Waals surface area contributed by atoms with Crippen LogP contribution >= 0.6 is 0 Å². The van der Waals surface area contributed by atoms with Crippen LogP contribution in [-0.4, -0.2) is 21.0 Å². The van der Waals surface area contributed by atoms with Crippen LogP contribution in [0.4, 0.5) is 4.39 Å². The maximum atomic E-state index is 13.6. The summed E-state index contributed by atoms with van der Waals surface area (Å²) in [6.07, 6.45) is 0.292. The summed E-state index contributed by atoms with van der Waals surface area (Å²) >= 11 is 0. The van der Waals surface area contributed by atoms with E-state index in [0.717, 1.165) is 0 Å². The van der Waals surface area contributed by atoms with Crippen LogP contribution in [0, 0.1) is 5.82 Å². The van der Waals surface area contributed by atoms with Gasteiger partial charge in [0.05, 0.1) is 11.1 Å². The smallest absolute Gasteiger partial charge is 0.337 e. The highest BCUT2D eigenvalue weighted by atomic mass is 19.1. The molecule has 0 saturated carbocycles. The van der Waals surface area contributed by atoms with E-state index in [2.05, 4.69) is 9.97 Å². The summed E-state index contributed by atoms with van der Waals surface area (Å²) in [6, 6.07) is 11.3. The van der Waals surface area contributed by atoms with E-state index >= 15 is 0 Å². The molecule has 1 aromatic heterocycles. The SMILES string of the molecule is O=C(O)c1cccc2[nH]c(Cc3ccccc3F)nc12. The van der Waals surface area contributed by atoms with Crippen molar-refractivity contribution in [2.75, 3.05) is 0 Å². The lowest BCUT2D eigenvalue weighted by molar-refractivity contribution is 0.0699. The number of benzene rings is 2. The molecular weight excluding hydrogens is 259 g/mol. The van der Waals surface area contributed by atoms with Crippen LogP contribution in [0.3, 0.4) is 0 Å². The molecule has 1 heterocycles. The van der Waals surface area contributed by atoms with Crippen molar-refractivity contribution in [1.29, 1.82) is 0 Å². The molecule has 0 aliphatic heterocycles. The second-order valence-electron chi connectivity index (χ2n) is 4.46. The molecule has 2 N–H and O–H groups in total. The van der Waals surface area contributed by atoms with Crippen LogP contribution in [0.1, 0.15) is 21.7 Å². The van der Waals surface area contributed by atoms with Gasteiger partial charge in [0.1, 0.15) is 17.2 Å². The average molecular weight is 270 g/mol. The van der Waals surface area contributed by atoms with Crippen molar-refractivity contribution in [1.82, 2.24) is 9.97 Å². The predicted octanol–water partition coefficient (Wildman–Crippen LogP) is 2.99. The van der Waals surface area contributed by atoms with Crippen molar-refractivity contribution < 1.29 is 14.3 Å². The Morgan fingerprint density at radius 3 is 2.75 bits per heavy atom. The number of aromatic amines is 1. The summed E-state index contributed by atoms with van der Waals surface area (Å²) < 4.78 is 13.6. The number of H-pyrrole nitrogens is 1. The Balaban J connectivity index is 2.04. The molecular formula is C15H11FN2O2. The molecule has 0 aliphatic rings. The van der Waals surface area contributed by atoms with Gasteiger partial charge in [-0.3, -0.25) is 0 Å². The molecule has 0 aliphatic carbocycles. The number of nitrogens with one attached hydrogen (secondary N) is 1. The number of aromatic carboxylic acids is 1. The lowest BCUT2D eigenvalue weighted by atomic mass is 10.1. The van der Waals surface area contributed by atoms with Crippen LogP contribution < -0.4 is 0 Å². The minimum Gasteiger partial charge on any atom is -0.478 e. The number of aromatic nitrogens is 2. The van der Waals surface area contributed by atoms with Crippen molar-refractivity contribution in [3.8, 4) is 0 Å². The molecule has 5 heteroatoms. The Morgan fingerprint density at radius 2 is 2.00 bits per heavy atom. The third-order valence-corrected chi connectivity index (χ3v) is 3.11. The quantitative estimate of drug-likeness (QED) is 0.768. The minimum absolute atomic E-state index is 0.138. The summed E-state index contributed by atoms with van der Waals surface area (Å²) in [5, 5.41) is 9.11. The number of fused-ring (bicyclic) bond motifs is 1. The third kappa shape index (κ3) is 2.14. The number of carboxylic acids is 1. The van der Waals surface area contributed by atoms with Crippen LogP contribution in [0.25, 0.3) is 11.0 Å². The molecule has 0 radical (unpaired) electrons. The Morgan fingerprint density at radius 1 is 1.20 bits per heavy atom. The van der Waals surface area contributed by atoms with E-state index in [1.54, 1.807) is 30.3 Å². The summed E-state index contributed by atoms with van der Waals surface area (Å²) in [4.78, 5) is 18.4. The van der Waals surface area contributed by atoms with Gasteiger partial charge in [0.15, 0.2) is 0 Å². The first-order valence-corrected chi connectivity index (χ1v) is 6.09. The average Bonchev–Trinajstić information content (AvgIpc) is 2.83. The highest BCUT2D eigenvalue weighted by molar-refractivity contribution is 6.00. The van der Waals surface area contributed by atoms with Crippen LogP contribution in [-0.2, 0) is 6.42 Å². The second kappa shape index (κ2) is 4.77. The van der Waals surface area contributed by atoms with E-state index in [4.69, 9.17) is 5.11 Å². The number of hydrogen-bond donors (Lipinski definition) is 2. The van der Waals surface area contributed by atoms with E-state index < -0.39 is 5.97 Å². The van der Waals surface area contributed by atoms with Crippen molar-refractivity contribution in [3.05, 3.63) is 65.2 Å². The number of rotatable bonds is 3. The first-order chi connectivity index (χ1) is 9.65. The molecule has 100 valence electrons. The summed E-state index contributed by atoms with van der Waals surface area (Å²) in [5.41, 5.74) is 1.68. The van der Waals surface area contributed by atoms with Gasteiger partial charge in [-0.05, 0) is 23.8 Å². The Hall–Kier alpha value is -2.69. The molecule has 20 heavy (non-hydrogen) atoms. The zero-order valence-electron chi connectivity index (χ0n) is 10.4. The van der Waals surface area contributed by atoms with Crippen molar-refractivity contribution >= 4 is 17.0 Å². The van der Waals surface area contributed by atoms with Gasteiger partial charge in [-0.15, -0.1) is 0 Å². The maximum absolute atomic E-state index is 13.6. The number of hydrogen-bond acceptors (Lipinski definition) is 2. The Labute approximate surface area is 113 Å². The van der Waals surface area contributed by atoms with Gasteiger partial charge in [-0.25, -0.2) is 14.2 Å². The molecule has 0 saturated heterocycles. The molecule has 0 amide bonds. The van der Waals surface area contributed by atoms with Gasteiger partial charge in [-0.1, -0.05) is 24.3 Å². The first-order valence-electron chi connectivity index (χ1n) is 6.09. The number of para-hydroxylation sites is 1. The lowest BCUT2D eigenvalue weighted by Crippen LogP contribution is -1.97. The van der Waals surface area contributed by atoms with E-state index in [1.807, 2.05) is 0 Å². The van der Waals surface area contributed by atoms with Crippen molar-refractivity contribution in [2.45, 2.75) is 6.42 Å². The molecule has 0 atom stereocenters. The van der Waals surface area contributed by atoms with Gasteiger partial charge >= 0.3 is 5.97 Å². The zero-order chi connectivity index (χ0) is 14.1. The summed E-state index contributed by atoms with van der Waals surface area (Å²) in [5.74, 6) is -0.787. The lowest BCUT2D eigenvalue weighted by Gasteiger charge is -1.99. The van der Waals surface area contributed by atoms with Gasteiger partial charge < -0.3 is 10.1 Å². The largest absolute Gasteiger partial charge is 0.478 e. The predicted molar refractivity (Wildman–Crippen MR) is 72.3 cm³/mol. The molecule has 0 fully saturated rings. The number of nitrogens with zero attached hydrogens (tertiary/aromatic N) is 1. The van der Waals surface area contributed by atoms with Gasteiger partial charge in [0.25, 0.3) is 0 Å². The van der Waals surface area contributed by atoms with E-state index in [-0.39, 0.29) is 11.4 Å². The number of imidazole rings is 1. The molecule has 2 aromatic carbocycles. The zero-order valence-corrected chi connectivity index (χ0v) is 10.4. The fourth-order valence-electron chi connectivity index (χ4n) is 2.16. The first kappa shape index (κ1) is 12.3. The van der Waals surface area contributed by atoms with E-state index in [1.165, 1.54) is 12.1 Å². The third-order valence-electron chi connectivity index (χ3n) is 3.11. The van der Waals surface area contributed by atoms with E-state index in [9.17, 15) is 9.18 Å². The highest BCUT2D eigenvalue weighted by Crippen LogP contribution is 2.19. The monoisotopic (exact) mass is 270 g/mol. The molecule has 0 bridgehead atoms.